The van der Waals surface area contributed by atoms with E-state index in [1.807, 2.05) is 0 Å². The van der Waals surface area contributed by atoms with Gasteiger partial charge in [0.2, 0.25) is 5.89 Å². The summed E-state index contributed by atoms with van der Waals surface area (Å²) in [5.41, 5.74) is 0.0636. The predicted octanol–water partition coefficient (Wildman–Crippen LogP) is 2.41. The van der Waals surface area contributed by atoms with Gasteiger partial charge in [-0.3, -0.25) is 4.79 Å². The van der Waals surface area contributed by atoms with Crippen LogP contribution in [0.2, 0.25) is 0 Å². The molecule has 1 fully saturated rings. The van der Waals surface area contributed by atoms with Crippen LogP contribution in [0.1, 0.15) is 31.6 Å². The zero-order chi connectivity index (χ0) is 15.5. The van der Waals surface area contributed by atoms with Crippen LogP contribution in [-0.4, -0.2) is 27.5 Å². The fourth-order valence-electron chi connectivity index (χ4n) is 2.40. The lowest BCUT2D eigenvalue weighted by atomic mass is 10.1. The minimum Gasteiger partial charge on any atom is -0.415 e. The summed E-state index contributed by atoms with van der Waals surface area (Å²) in [5.74, 6) is -0.844. The minimum atomic E-state index is -2.83. The molecular weight excluding hydrogens is 296 g/mol. The van der Waals surface area contributed by atoms with Crippen molar-refractivity contribution in [3.05, 3.63) is 34.6 Å². The number of alkyl halides is 2. The lowest BCUT2D eigenvalue weighted by molar-refractivity contribution is 0.00543. The first-order valence-corrected chi connectivity index (χ1v) is 7.07. The molecule has 3 rings (SSSR count). The Balaban J connectivity index is 1.77. The molecule has 118 valence electrons. The summed E-state index contributed by atoms with van der Waals surface area (Å²) in [6.45, 7) is 1.20. The summed E-state index contributed by atoms with van der Waals surface area (Å²) in [4.78, 5) is 12.1. The number of pyridine rings is 1. The van der Waals surface area contributed by atoms with Crippen LogP contribution in [0.4, 0.5) is 8.78 Å². The fraction of sp³-hybridized carbons (Fsp3) is 0.500. The average Bonchev–Trinajstić information content (AvgIpc) is 3.00. The Morgan fingerprint density at radius 2 is 2.23 bits per heavy atom. The second kappa shape index (κ2) is 6.35. The molecular formula is C14H15F2N3O3. The van der Waals surface area contributed by atoms with Gasteiger partial charge in [0.05, 0.1) is 12.6 Å². The molecule has 1 atom stereocenters. The van der Waals surface area contributed by atoms with Crippen LogP contribution in [-0.2, 0) is 11.3 Å². The van der Waals surface area contributed by atoms with Crippen LogP contribution in [0.3, 0.4) is 0 Å². The Morgan fingerprint density at radius 1 is 1.36 bits per heavy atom. The average molecular weight is 311 g/mol. The van der Waals surface area contributed by atoms with Gasteiger partial charge < -0.3 is 13.7 Å². The Morgan fingerprint density at radius 3 is 2.86 bits per heavy atom. The number of hydrogen-bond acceptors (Lipinski definition) is 5. The smallest absolute Gasteiger partial charge is 0.314 e. The molecule has 0 radical (unpaired) electrons. The monoisotopic (exact) mass is 311 g/mol. The Hall–Kier alpha value is -2.09. The Kier molecular flexibility index (Phi) is 4.28. The van der Waals surface area contributed by atoms with Gasteiger partial charge in [0.15, 0.2) is 0 Å². The van der Waals surface area contributed by atoms with E-state index in [-0.39, 0.29) is 17.6 Å². The molecule has 2 aromatic heterocycles. The number of rotatable bonds is 4. The number of nitrogens with zero attached hydrogens (tertiary/aromatic N) is 3. The normalized spacial score (nSPS) is 18.8. The SMILES string of the molecule is O=c1cc(-c2nnc(C(F)F)o2)ccn1CC1CCCCO1. The first-order valence-electron chi connectivity index (χ1n) is 7.07. The summed E-state index contributed by atoms with van der Waals surface area (Å²) in [6.07, 6.45) is 1.86. The van der Waals surface area contributed by atoms with Crippen LogP contribution in [0.5, 0.6) is 0 Å². The highest BCUT2D eigenvalue weighted by Crippen LogP contribution is 2.22. The van der Waals surface area contributed by atoms with Gasteiger partial charge in [0.25, 0.3) is 11.4 Å². The first kappa shape index (κ1) is 14.8. The Bertz CT molecular complexity index is 693. The van der Waals surface area contributed by atoms with E-state index in [1.165, 1.54) is 10.6 Å². The van der Waals surface area contributed by atoms with Crippen molar-refractivity contribution in [2.45, 2.75) is 38.3 Å². The predicted molar refractivity (Wildman–Crippen MR) is 72.5 cm³/mol. The van der Waals surface area contributed by atoms with E-state index in [0.29, 0.717) is 12.1 Å². The van der Waals surface area contributed by atoms with Gasteiger partial charge in [-0.05, 0) is 25.3 Å². The van der Waals surface area contributed by atoms with E-state index in [1.54, 1.807) is 12.3 Å². The van der Waals surface area contributed by atoms with Crippen molar-refractivity contribution >= 4 is 0 Å². The van der Waals surface area contributed by atoms with E-state index in [0.717, 1.165) is 25.9 Å². The van der Waals surface area contributed by atoms with Crippen molar-refractivity contribution in [3.63, 3.8) is 0 Å². The van der Waals surface area contributed by atoms with Crippen LogP contribution in [0.15, 0.2) is 27.5 Å². The molecule has 0 aromatic carbocycles. The fourth-order valence-corrected chi connectivity index (χ4v) is 2.40. The maximum absolute atomic E-state index is 12.4. The highest BCUT2D eigenvalue weighted by atomic mass is 19.3. The second-order valence-electron chi connectivity index (χ2n) is 5.14. The zero-order valence-electron chi connectivity index (χ0n) is 11.7. The van der Waals surface area contributed by atoms with Gasteiger partial charge >= 0.3 is 6.43 Å². The summed E-state index contributed by atoms with van der Waals surface area (Å²) in [5, 5.41) is 6.77. The van der Waals surface area contributed by atoms with E-state index >= 15 is 0 Å². The quantitative estimate of drug-likeness (QED) is 0.867. The largest absolute Gasteiger partial charge is 0.415 e. The molecule has 2 aromatic rings. The van der Waals surface area contributed by atoms with Gasteiger partial charge in [-0.15, -0.1) is 10.2 Å². The highest BCUT2D eigenvalue weighted by Gasteiger charge is 2.18. The standard InChI is InChI=1S/C14H15F2N3O3/c15-12(16)14-18-17-13(22-14)9-4-5-19(11(20)7-9)8-10-3-1-2-6-21-10/h4-5,7,10,12H,1-3,6,8H2. The number of ether oxygens (including phenoxy) is 1. The molecule has 1 saturated heterocycles. The molecule has 0 amide bonds. The molecule has 0 N–H and O–H groups in total. The molecule has 1 unspecified atom stereocenters. The van der Waals surface area contributed by atoms with E-state index in [4.69, 9.17) is 9.15 Å². The maximum atomic E-state index is 12.4. The second-order valence-corrected chi connectivity index (χ2v) is 5.14. The van der Waals surface area contributed by atoms with E-state index in [2.05, 4.69) is 10.2 Å². The lowest BCUT2D eigenvalue weighted by Crippen LogP contribution is -2.29. The van der Waals surface area contributed by atoms with Gasteiger partial charge in [-0.2, -0.15) is 8.78 Å². The van der Waals surface area contributed by atoms with Crippen molar-refractivity contribution in [2.75, 3.05) is 6.61 Å². The van der Waals surface area contributed by atoms with Crippen molar-refractivity contribution in [1.82, 2.24) is 14.8 Å². The third-order valence-electron chi connectivity index (χ3n) is 3.54. The summed E-state index contributed by atoms with van der Waals surface area (Å²) < 4.78 is 36.8. The van der Waals surface area contributed by atoms with Crippen LogP contribution in [0.25, 0.3) is 11.5 Å². The van der Waals surface area contributed by atoms with Crippen LogP contribution in [0, 0.1) is 0 Å². The lowest BCUT2D eigenvalue weighted by Gasteiger charge is -2.23. The zero-order valence-corrected chi connectivity index (χ0v) is 11.7. The summed E-state index contributed by atoms with van der Waals surface area (Å²) in [7, 11) is 0. The number of hydrogen-bond donors (Lipinski definition) is 0. The molecule has 1 aliphatic rings. The molecule has 0 aliphatic carbocycles. The number of halogens is 2. The molecule has 1 aliphatic heterocycles. The third-order valence-corrected chi connectivity index (χ3v) is 3.54. The molecule has 6 nitrogen and oxygen atoms in total. The molecule has 0 saturated carbocycles. The van der Waals surface area contributed by atoms with Crippen molar-refractivity contribution in [3.8, 4) is 11.5 Å². The molecule has 8 heteroatoms. The van der Waals surface area contributed by atoms with E-state index in [9.17, 15) is 13.6 Å². The van der Waals surface area contributed by atoms with Crippen LogP contribution < -0.4 is 5.56 Å². The van der Waals surface area contributed by atoms with Gasteiger partial charge in [0.1, 0.15) is 0 Å². The summed E-state index contributed by atoms with van der Waals surface area (Å²) >= 11 is 0. The van der Waals surface area contributed by atoms with E-state index < -0.39 is 12.3 Å². The highest BCUT2D eigenvalue weighted by molar-refractivity contribution is 5.50. The third kappa shape index (κ3) is 3.22. The minimum absolute atomic E-state index is 0.0335. The molecule has 22 heavy (non-hydrogen) atoms. The van der Waals surface area contributed by atoms with Crippen molar-refractivity contribution < 1.29 is 17.9 Å². The topological polar surface area (TPSA) is 70.2 Å². The summed E-state index contributed by atoms with van der Waals surface area (Å²) in [6, 6.07) is 2.89. The molecule has 0 bridgehead atoms. The van der Waals surface area contributed by atoms with Crippen molar-refractivity contribution in [2.24, 2.45) is 0 Å². The van der Waals surface area contributed by atoms with Gasteiger partial charge in [0, 0.05) is 24.4 Å². The molecule has 0 spiro atoms. The Labute approximate surface area is 124 Å². The first-order chi connectivity index (χ1) is 10.6. The maximum Gasteiger partial charge on any atom is 0.314 e. The molecule has 3 heterocycles. The number of aromatic nitrogens is 3. The van der Waals surface area contributed by atoms with Gasteiger partial charge in [-0.1, -0.05) is 0 Å². The van der Waals surface area contributed by atoms with Crippen molar-refractivity contribution in [1.29, 1.82) is 0 Å². The van der Waals surface area contributed by atoms with Gasteiger partial charge in [-0.25, -0.2) is 0 Å². The van der Waals surface area contributed by atoms with Crippen LogP contribution >= 0.6 is 0 Å².